The van der Waals surface area contributed by atoms with Crippen LogP contribution in [0.5, 0.6) is 0 Å². The first-order valence-electron chi connectivity index (χ1n) is 6.30. The first-order chi connectivity index (χ1) is 10.2. The Kier molecular flexibility index (Phi) is 9.61. The molecule has 0 heterocycles. The van der Waals surface area contributed by atoms with Crippen molar-refractivity contribution in [3.63, 3.8) is 0 Å². The van der Waals surface area contributed by atoms with Gasteiger partial charge in [-0.15, -0.1) is 0 Å². The lowest BCUT2D eigenvalue weighted by Gasteiger charge is -2.19. The lowest BCUT2D eigenvalue weighted by atomic mass is 10.2. The number of carbonyl (C=O) groups is 4. The van der Waals surface area contributed by atoms with E-state index in [2.05, 4.69) is 41.2 Å². The molecule has 0 fully saturated rings. The maximum atomic E-state index is 11.9. The standard InChI is InChI=1S/C11H20N4O5S2/c1-5(12)9(17)13-2-8(16)14-6(3-21)10(18)15-7(4-22)11(19)20/h5-7,21-22H,2-4,12H2,1H3,(H,13,17)(H,14,16)(H,15,18)(H,19,20). The Morgan fingerprint density at radius 2 is 1.59 bits per heavy atom. The predicted molar refractivity (Wildman–Crippen MR) is 85.9 cm³/mol. The minimum atomic E-state index is -1.24. The van der Waals surface area contributed by atoms with Gasteiger partial charge >= 0.3 is 5.97 Å². The summed E-state index contributed by atoms with van der Waals surface area (Å²) in [6, 6.07) is -2.97. The van der Waals surface area contributed by atoms with Gasteiger partial charge in [-0.1, -0.05) is 0 Å². The zero-order valence-electron chi connectivity index (χ0n) is 11.9. The number of amides is 3. The molecule has 0 bridgehead atoms. The molecule has 0 spiro atoms. The number of rotatable bonds is 9. The highest BCUT2D eigenvalue weighted by Crippen LogP contribution is 1.94. The van der Waals surface area contributed by atoms with Crippen LogP contribution in [0, 0.1) is 0 Å². The highest BCUT2D eigenvalue weighted by molar-refractivity contribution is 7.80. The van der Waals surface area contributed by atoms with E-state index in [1.807, 2.05) is 0 Å². The molecule has 0 saturated heterocycles. The first kappa shape index (κ1) is 20.5. The number of hydrogen-bond acceptors (Lipinski definition) is 7. The Hall–Kier alpha value is -1.46. The molecule has 0 radical (unpaired) electrons. The number of thiol groups is 2. The molecular weight excluding hydrogens is 332 g/mol. The number of aliphatic carboxylic acids is 1. The summed E-state index contributed by atoms with van der Waals surface area (Å²) in [6.07, 6.45) is 0. The molecule has 11 heteroatoms. The average Bonchev–Trinajstić information content (AvgIpc) is 2.46. The van der Waals surface area contributed by atoms with Crippen LogP contribution in [-0.2, 0) is 19.2 Å². The third-order valence-corrected chi connectivity index (χ3v) is 3.20. The fourth-order valence-corrected chi connectivity index (χ4v) is 1.73. The van der Waals surface area contributed by atoms with Crippen molar-refractivity contribution in [3.8, 4) is 0 Å². The minimum absolute atomic E-state index is 0.0439. The van der Waals surface area contributed by atoms with Crippen molar-refractivity contribution >= 4 is 48.9 Å². The second-order valence-corrected chi connectivity index (χ2v) is 5.12. The van der Waals surface area contributed by atoms with Gasteiger partial charge in [0.15, 0.2) is 0 Å². The highest BCUT2D eigenvalue weighted by atomic mass is 32.1. The van der Waals surface area contributed by atoms with Crippen molar-refractivity contribution in [1.29, 1.82) is 0 Å². The van der Waals surface area contributed by atoms with Crippen LogP contribution in [0.1, 0.15) is 6.92 Å². The highest BCUT2D eigenvalue weighted by Gasteiger charge is 2.24. The van der Waals surface area contributed by atoms with Gasteiger partial charge in [0.1, 0.15) is 12.1 Å². The lowest BCUT2D eigenvalue weighted by molar-refractivity contribution is -0.141. The van der Waals surface area contributed by atoms with E-state index in [4.69, 9.17) is 10.8 Å². The van der Waals surface area contributed by atoms with Crippen molar-refractivity contribution in [2.24, 2.45) is 5.73 Å². The fourth-order valence-electron chi connectivity index (χ4n) is 1.23. The quantitative estimate of drug-likeness (QED) is 0.225. The number of nitrogens with two attached hydrogens (primary N) is 1. The third-order valence-electron chi connectivity index (χ3n) is 2.47. The van der Waals surface area contributed by atoms with E-state index in [-0.39, 0.29) is 18.1 Å². The Bertz CT molecular complexity index is 433. The lowest BCUT2D eigenvalue weighted by Crippen LogP contribution is -2.54. The molecule has 0 aromatic carbocycles. The molecule has 3 unspecified atom stereocenters. The maximum absolute atomic E-state index is 11.9. The Labute approximate surface area is 138 Å². The summed E-state index contributed by atoms with van der Waals surface area (Å²) in [5.41, 5.74) is 5.31. The first-order valence-corrected chi connectivity index (χ1v) is 7.57. The average molecular weight is 352 g/mol. The zero-order valence-corrected chi connectivity index (χ0v) is 13.7. The van der Waals surface area contributed by atoms with Crippen LogP contribution in [0.4, 0.5) is 0 Å². The van der Waals surface area contributed by atoms with E-state index >= 15 is 0 Å². The van der Waals surface area contributed by atoms with Crippen molar-refractivity contribution in [1.82, 2.24) is 16.0 Å². The topological polar surface area (TPSA) is 151 Å². The van der Waals surface area contributed by atoms with Crippen LogP contribution in [-0.4, -0.2) is 65.0 Å². The van der Waals surface area contributed by atoms with Crippen molar-refractivity contribution in [3.05, 3.63) is 0 Å². The number of carboxylic acid groups (broad SMARTS) is 1. The molecule has 0 aromatic rings. The molecule has 0 aromatic heterocycles. The molecule has 3 amide bonds. The van der Waals surface area contributed by atoms with E-state index in [9.17, 15) is 19.2 Å². The zero-order chi connectivity index (χ0) is 17.3. The Morgan fingerprint density at radius 1 is 1.05 bits per heavy atom. The summed E-state index contributed by atoms with van der Waals surface area (Å²) in [7, 11) is 0. The Balaban J connectivity index is 4.46. The second-order valence-electron chi connectivity index (χ2n) is 4.39. The van der Waals surface area contributed by atoms with E-state index in [1.165, 1.54) is 6.92 Å². The van der Waals surface area contributed by atoms with Gasteiger partial charge in [-0.3, -0.25) is 14.4 Å². The maximum Gasteiger partial charge on any atom is 0.327 e. The van der Waals surface area contributed by atoms with E-state index in [0.29, 0.717) is 0 Å². The molecule has 0 aliphatic carbocycles. The Morgan fingerprint density at radius 3 is 2.00 bits per heavy atom. The van der Waals surface area contributed by atoms with Gasteiger partial charge in [-0.2, -0.15) is 25.3 Å². The molecule has 0 saturated carbocycles. The largest absolute Gasteiger partial charge is 0.480 e. The molecule has 9 nitrogen and oxygen atoms in total. The molecule has 0 aliphatic rings. The second kappa shape index (κ2) is 10.3. The van der Waals surface area contributed by atoms with Gasteiger partial charge < -0.3 is 26.8 Å². The molecule has 0 aliphatic heterocycles. The predicted octanol–water partition coefficient (Wildman–Crippen LogP) is -2.64. The van der Waals surface area contributed by atoms with Crippen molar-refractivity contribution < 1.29 is 24.3 Å². The van der Waals surface area contributed by atoms with Gasteiger partial charge in [0, 0.05) is 11.5 Å². The summed E-state index contributed by atoms with van der Waals surface area (Å²) >= 11 is 7.74. The molecule has 6 N–H and O–H groups in total. The molecule has 22 heavy (non-hydrogen) atoms. The minimum Gasteiger partial charge on any atom is -0.480 e. The van der Waals surface area contributed by atoms with Crippen LogP contribution in [0.2, 0.25) is 0 Å². The SMILES string of the molecule is CC(N)C(=O)NCC(=O)NC(CS)C(=O)NC(CS)C(=O)O. The summed E-state index contributed by atoms with van der Waals surface area (Å²) in [6.45, 7) is 1.10. The molecule has 0 rings (SSSR count). The van der Waals surface area contributed by atoms with Crippen molar-refractivity contribution in [2.45, 2.75) is 25.0 Å². The summed E-state index contributed by atoms with van der Waals surface area (Å²) in [5.74, 6) is -3.22. The van der Waals surface area contributed by atoms with Crippen LogP contribution in [0.25, 0.3) is 0 Å². The number of nitrogens with one attached hydrogen (secondary N) is 3. The van der Waals surface area contributed by atoms with Gasteiger partial charge in [-0.05, 0) is 6.92 Å². The van der Waals surface area contributed by atoms with Crippen LogP contribution < -0.4 is 21.7 Å². The van der Waals surface area contributed by atoms with E-state index < -0.39 is 41.8 Å². The van der Waals surface area contributed by atoms with E-state index in [0.717, 1.165) is 0 Å². The summed E-state index contributed by atoms with van der Waals surface area (Å²) in [4.78, 5) is 45.5. The third kappa shape index (κ3) is 7.52. The normalized spacial score (nSPS) is 14.4. The fraction of sp³-hybridized carbons (Fsp3) is 0.636. The van der Waals surface area contributed by atoms with Gasteiger partial charge in [-0.25, -0.2) is 4.79 Å². The van der Waals surface area contributed by atoms with Crippen LogP contribution in [0.15, 0.2) is 0 Å². The van der Waals surface area contributed by atoms with E-state index in [1.54, 1.807) is 0 Å². The van der Waals surface area contributed by atoms with Gasteiger partial charge in [0.2, 0.25) is 17.7 Å². The molecule has 3 atom stereocenters. The van der Waals surface area contributed by atoms with Gasteiger partial charge in [0.05, 0.1) is 12.6 Å². The number of carboxylic acids is 1. The monoisotopic (exact) mass is 352 g/mol. The van der Waals surface area contributed by atoms with Gasteiger partial charge in [0.25, 0.3) is 0 Å². The van der Waals surface area contributed by atoms with Crippen LogP contribution in [0.3, 0.4) is 0 Å². The molecular formula is C11H20N4O5S2. The number of carbonyl (C=O) groups excluding carboxylic acids is 3. The summed E-state index contributed by atoms with van der Waals surface area (Å²) < 4.78 is 0. The smallest absolute Gasteiger partial charge is 0.327 e. The summed E-state index contributed by atoms with van der Waals surface area (Å²) in [5, 5.41) is 15.7. The number of hydrogen-bond donors (Lipinski definition) is 7. The van der Waals surface area contributed by atoms with Crippen molar-refractivity contribution in [2.75, 3.05) is 18.1 Å². The van der Waals surface area contributed by atoms with Crippen LogP contribution >= 0.6 is 25.3 Å². The molecule has 126 valence electrons.